The Kier molecular flexibility index (Phi) is 7.37. The summed E-state index contributed by atoms with van der Waals surface area (Å²) in [4.78, 5) is 4.11. The van der Waals surface area contributed by atoms with Crippen molar-refractivity contribution in [2.75, 3.05) is 20.3 Å². The molecule has 1 unspecified atom stereocenters. The number of hydrazone groups is 1. The minimum absolute atomic E-state index is 0.174. The Morgan fingerprint density at radius 1 is 1.59 bits per heavy atom. The van der Waals surface area contributed by atoms with Crippen molar-refractivity contribution in [1.82, 2.24) is 15.7 Å². The van der Waals surface area contributed by atoms with E-state index in [4.69, 9.17) is 4.74 Å². The van der Waals surface area contributed by atoms with E-state index in [9.17, 15) is 0 Å². The van der Waals surface area contributed by atoms with Crippen molar-refractivity contribution in [3.8, 4) is 0 Å². The maximum Gasteiger partial charge on any atom is 0.138 e. The molecule has 0 fully saturated rings. The highest BCUT2D eigenvalue weighted by atomic mass is 32.1. The maximum atomic E-state index is 4.94. The second kappa shape index (κ2) is 8.98. The summed E-state index contributed by atoms with van der Waals surface area (Å²) in [5.41, 5.74) is 3.48. The Hall–Kier alpha value is -1.11. The van der Waals surface area contributed by atoms with Crippen LogP contribution in [0.3, 0.4) is 0 Å². The molecule has 0 saturated heterocycles. The number of rotatable bonds is 8. The molecule has 5 nitrogen and oxygen atoms in total. The van der Waals surface area contributed by atoms with E-state index in [1.54, 1.807) is 19.5 Å². The lowest BCUT2D eigenvalue weighted by Gasteiger charge is -2.11. The van der Waals surface area contributed by atoms with Crippen LogP contribution in [-0.4, -0.2) is 37.0 Å². The van der Waals surface area contributed by atoms with Gasteiger partial charge in [-0.1, -0.05) is 6.07 Å². The van der Waals surface area contributed by atoms with Gasteiger partial charge in [-0.3, -0.25) is 15.7 Å². The third kappa shape index (κ3) is 6.93. The van der Waals surface area contributed by atoms with E-state index in [1.165, 1.54) is 0 Å². The van der Waals surface area contributed by atoms with Crippen LogP contribution < -0.4 is 10.7 Å². The normalized spacial score (nSPS) is 12.8. The topological polar surface area (TPSA) is 58.5 Å². The van der Waals surface area contributed by atoms with Gasteiger partial charge in [0.05, 0.1) is 11.9 Å². The molecule has 6 heteroatoms. The quantitative estimate of drug-likeness (QED) is 0.212. The molecular weight excluding hydrogens is 236 g/mol. The predicted molar refractivity (Wildman–Crippen MR) is 72.2 cm³/mol. The third-order valence-corrected chi connectivity index (χ3v) is 2.24. The third-order valence-electron chi connectivity index (χ3n) is 1.94. The van der Waals surface area contributed by atoms with Crippen LogP contribution >= 0.6 is 12.6 Å². The van der Waals surface area contributed by atoms with Crippen LogP contribution in [0.25, 0.3) is 0 Å². The van der Waals surface area contributed by atoms with Crippen LogP contribution in [0.5, 0.6) is 0 Å². The lowest BCUT2D eigenvalue weighted by molar-refractivity contribution is 0.194. The Balaban J connectivity index is 2.15. The molecule has 1 aromatic heterocycles. The van der Waals surface area contributed by atoms with E-state index in [1.807, 2.05) is 18.2 Å². The van der Waals surface area contributed by atoms with Crippen molar-refractivity contribution in [3.05, 3.63) is 30.1 Å². The molecule has 0 aromatic carbocycles. The Labute approximate surface area is 107 Å². The second-order valence-electron chi connectivity index (χ2n) is 3.34. The summed E-state index contributed by atoms with van der Waals surface area (Å²) >= 11 is 4.28. The van der Waals surface area contributed by atoms with Crippen molar-refractivity contribution < 1.29 is 4.74 Å². The van der Waals surface area contributed by atoms with Gasteiger partial charge >= 0.3 is 0 Å². The van der Waals surface area contributed by atoms with Crippen LogP contribution in [0.15, 0.2) is 29.5 Å². The van der Waals surface area contributed by atoms with Crippen molar-refractivity contribution in [3.63, 3.8) is 0 Å². The minimum Gasteiger partial charge on any atom is -0.385 e. The molecular formula is C11H18N4OS. The number of nitrogens with one attached hydrogen (secondary N) is 2. The molecule has 0 bridgehead atoms. The van der Waals surface area contributed by atoms with E-state index >= 15 is 0 Å². The summed E-state index contributed by atoms with van der Waals surface area (Å²) in [6.07, 6.45) is 4.32. The summed E-state index contributed by atoms with van der Waals surface area (Å²) in [7, 11) is 1.69. The Morgan fingerprint density at radius 2 is 2.47 bits per heavy atom. The highest BCUT2D eigenvalue weighted by molar-refractivity contribution is 7.80. The average molecular weight is 254 g/mol. The molecule has 1 rings (SSSR count). The van der Waals surface area contributed by atoms with Crippen LogP contribution in [0, 0.1) is 0 Å². The summed E-state index contributed by atoms with van der Waals surface area (Å²) in [6.45, 7) is 1.57. The first-order valence-corrected chi connectivity index (χ1v) is 5.94. The number of pyridine rings is 1. The first-order valence-electron chi connectivity index (χ1n) is 5.43. The molecule has 1 aromatic rings. The number of thiol groups is 1. The summed E-state index contributed by atoms with van der Waals surface area (Å²) in [5.74, 6) is 0. The summed E-state index contributed by atoms with van der Waals surface area (Å²) in [6, 6.07) is 5.66. The fraction of sp³-hybridized carbons (Fsp3) is 0.455. The molecule has 0 aliphatic heterocycles. The smallest absolute Gasteiger partial charge is 0.138 e. The van der Waals surface area contributed by atoms with Gasteiger partial charge < -0.3 is 4.74 Å². The van der Waals surface area contributed by atoms with Crippen molar-refractivity contribution in [2.45, 2.75) is 11.9 Å². The van der Waals surface area contributed by atoms with Gasteiger partial charge in [0.15, 0.2) is 0 Å². The molecule has 0 radical (unpaired) electrons. The van der Waals surface area contributed by atoms with Gasteiger partial charge in [0.1, 0.15) is 5.50 Å². The highest BCUT2D eigenvalue weighted by Gasteiger charge is 1.97. The molecule has 1 atom stereocenters. The lowest BCUT2D eigenvalue weighted by Crippen LogP contribution is -2.35. The van der Waals surface area contributed by atoms with Crippen molar-refractivity contribution in [1.29, 1.82) is 0 Å². The number of nitrogens with zero attached hydrogens (tertiary/aromatic N) is 2. The van der Waals surface area contributed by atoms with E-state index in [0.717, 1.165) is 25.3 Å². The monoisotopic (exact) mass is 254 g/mol. The van der Waals surface area contributed by atoms with E-state index in [2.05, 4.69) is 33.5 Å². The fourth-order valence-electron chi connectivity index (χ4n) is 1.13. The van der Waals surface area contributed by atoms with Crippen LogP contribution in [0.2, 0.25) is 0 Å². The number of hydrogen-bond donors (Lipinski definition) is 3. The largest absolute Gasteiger partial charge is 0.385 e. The molecule has 2 N–H and O–H groups in total. The van der Waals surface area contributed by atoms with E-state index in [-0.39, 0.29) is 5.50 Å². The van der Waals surface area contributed by atoms with Crippen LogP contribution in [0.4, 0.5) is 0 Å². The lowest BCUT2D eigenvalue weighted by atomic mass is 10.4. The summed E-state index contributed by atoms with van der Waals surface area (Å²) < 4.78 is 4.94. The van der Waals surface area contributed by atoms with Gasteiger partial charge in [-0.25, -0.2) is 0 Å². The maximum absolute atomic E-state index is 4.94. The first-order chi connectivity index (χ1) is 8.33. The number of methoxy groups -OCH3 is 1. The standard InChI is InChI=1S/C11H18N4OS/c1-16-8-4-7-13-11(17)15-14-9-10-5-2-3-6-12-10/h2-3,5-6,9,11,13,15,17H,4,7-8H2,1H3/b14-9-. The van der Waals surface area contributed by atoms with Crippen molar-refractivity contribution in [2.24, 2.45) is 5.10 Å². The first kappa shape index (κ1) is 14.0. The molecule has 0 saturated carbocycles. The van der Waals surface area contributed by atoms with Gasteiger partial charge in [-0.15, -0.1) is 12.6 Å². The molecule has 0 amide bonds. The van der Waals surface area contributed by atoms with Gasteiger partial charge in [0.25, 0.3) is 0 Å². The van der Waals surface area contributed by atoms with E-state index < -0.39 is 0 Å². The van der Waals surface area contributed by atoms with Crippen LogP contribution in [-0.2, 0) is 4.74 Å². The average Bonchev–Trinajstić information content (AvgIpc) is 2.36. The van der Waals surface area contributed by atoms with Gasteiger partial charge in [-0.05, 0) is 18.6 Å². The van der Waals surface area contributed by atoms with Crippen molar-refractivity contribution >= 4 is 18.8 Å². The molecule has 17 heavy (non-hydrogen) atoms. The minimum atomic E-state index is -0.174. The van der Waals surface area contributed by atoms with Gasteiger partial charge in [0.2, 0.25) is 0 Å². The Bertz CT molecular complexity index is 321. The highest BCUT2D eigenvalue weighted by Crippen LogP contribution is 1.89. The fourth-order valence-corrected chi connectivity index (χ4v) is 1.32. The molecule has 94 valence electrons. The zero-order valence-corrected chi connectivity index (χ0v) is 10.7. The summed E-state index contributed by atoms with van der Waals surface area (Å²) in [5, 5.41) is 7.18. The number of aromatic nitrogens is 1. The zero-order chi connectivity index (χ0) is 12.3. The van der Waals surface area contributed by atoms with Crippen LogP contribution in [0.1, 0.15) is 12.1 Å². The molecule has 0 aliphatic rings. The SMILES string of the molecule is COCCCNC(S)N/N=C\c1ccccn1. The predicted octanol–water partition coefficient (Wildman–Crippen LogP) is 0.845. The van der Waals surface area contributed by atoms with Gasteiger partial charge in [-0.2, -0.15) is 5.10 Å². The number of ether oxygens (including phenoxy) is 1. The van der Waals surface area contributed by atoms with E-state index in [0.29, 0.717) is 0 Å². The van der Waals surface area contributed by atoms with Gasteiger partial charge in [0, 0.05) is 26.5 Å². The second-order valence-corrected chi connectivity index (χ2v) is 3.86. The molecule has 0 spiro atoms. The molecule has 1 heterocycles. The Morgan fingerprint density at radius 3 is 3.18 bits per heavy atom. The molecule has 0 aliphatic carbocycles. The zero-order valence-electron chi connectivity index (χ0n) is 9.84. The number of hydrogen-bond acceptors (Lipinski definition) is 6.